The first kappa shape index (κ1) is 15.9. The highest BCUT2D eigenvalue weighted by molar-refractivity contribution is 5.91. The van der Waals surface area contributed by atoms with E-state index in [1.807, 2.05) is 12.1 Å². The van der Waals surface area contributed by atoms with Gasteiger partial charge in [-0.25, -0.2) is 0 Å². The van der Waals surface area contributed by atoms with E-state index in [1.165, 1.54) is 31.4 Å². The summed E-state index contributed by atoms with van der Waals surface area (Å²) >= 11 is 0. The van der Waals surface area contributed by atoms with Crippen LogP contribution in [-0.4, -0.2) is 44.0 Å². The minimum atomic E-state index is 0.194. The zero-order chi connectivity index (χ0) is 16.5. The van der Waals surface area contributed by atoms with Crippen LogP contribution in [0.25, 0.3) is 0 Å². The quantitative estimate of drug-likeness (QED) is 0.922. The van der Waals surface area contributed by atoms with E-state index in [4.69, 9.17) is 0 Å². The van der Waals surface area contributed by atoms with Gasteiger partial charge in [0, 0.05) is 44.0 Å². The minimum Gasteiger partial charge on any atom is -0.369 e. The van der Waals surface area contributed by atoms with Crippen molar-refractivity contribution in [3.8, 4) is 0 Å². The first-order valence-electron chi connectivity index (χ1n) is 9.51. The Morgan fingerprint density at radius 2 is 1.83 bits per heavy atom. The standard InChI is InChI=1S/C20H29N3O/c1-22-8-10-23(11-9-22)19-6-4-18(5-7-19)21-20(24)14-17-13-15-2-3-16(17)12-15/h4-7,15-17H,2-3,8-14H2,1H3,(H,21,24)/t15-,16-,17-/m0/s1. The van der Waals surface area contributed by atoms with Crippen molar-refractivity contribution < 1.29 is 4.79 Å². The fourth-order valence-electron chi connectivity index (χ4n) is 4.90. The van der Waals surface area contributed by atoms with Gasteiger partial charge in [0.15, 0.2) is 0 Å². The number of hydrogen-bond donors (Lipinski definition) is 1. The molecule has 4 heteroatoms. The lowest BCUT2D eigenvalue weighted by Gasteiger charge is -2.34. The zero-order valence-corrected chi connectivity index (χ0v) is 14.7. The van der Waals surface area contributed by atoms with Crippen molar-refractivity contribution in [1.82, 2.24) is 4.90 Å². The van der Waals surface area contributed by atoms with Crippen LogP contribution in [0.15, 0.2) is 24.3 Å². The van der Waals surface area contributed by atoms with Gasteiger partial charge in [-0.05, 0) is 68.3 Å². The van der Waals surface area contributed by atoms with Crippen LogP contribution in [-0.2, 0) is 4.79 Å². The third kappa shape index (κ3) is 3.44. The minimum absolute atomic E-state index is 0.194. The largest absolute Gasteiger partial charge is 0.369 e. The van der Waals surface area contributed by atoms with Crippen molar-refractivity contribution in [2.24, 2.45) is 17.8 Å². The molecule has 4 nitrogen and oxygen atoms in total. The second-order valence-corrected chi connectivity index (χ2v) is 8.02. The molecule has 1 N–H and O–H groups in total. The van der Waals surface area contributed by atoms with E-state index in [2.05, 4.69) is 34.3 Å². The fraction of sp³-hybridized carbons (Fsp3) is 0.650. The Morgan fingerprint density at radius 3 is 2.46 bits per heavy atom. The van der Waals surface area contributed by atoms with Gasteiger partial charge in [0.25, 0.3) is 0 Å². The van der Waals surface area contributed by atoms with Gasteiger partial charge in [-0.2, -0.15) is 0 Å². The molecule has 1 aromatic rings. The molecule has 0 unspecified atom stereocenters. The number of rotatable bonds is 4. The molecule has 3 atom stereocenters. The lowest BCUT2D eigenvalue weighted by Crippen LogP contribution is -2.44. The van der Waals surface area contributed by atoms with Crippen LogP contribution in [0.5, 0.6) is 0 Å². The van der Waals surface area contributed by atoms with Gasteiger partial charge in [0.05, 0.1) is 0 Å². The van der Waals surface area contributed by atoms with Crippen LogP contribution in [0.4, 0.5) is 11.4 Å². The van der Waals surface area contributed by atoms with E-state index in [0.29, 0.717) is 12.3 Å². The second kappa shape index (κ2) is 6.75. The molecule has 130 valence electrons. The van der Waals surface area contributed by atoms with Crippen molar-refractivity contribution in [1.29, 1.82) is 0 Å². The number of nitrogens with one attached hydrogen (secondary N) is 1. The van der Waals surface area contributed by atoms with Crippen molar-refractivity contribution in [2.45, 2.75) is 32.1 Å². The topological polar surface area (TPSA) is 35.6 Å². The molecule has 2 aliphatic carbocycles. The highest BCUT2D eigenvalue weighted by Crippen LogP contribution is 2.49. The molecular weight excluding hydrogens is 298 g/mol. The van der Waals surface area contributed by atoms with Crippen molar-refractivity contribution in [3.63, 3.8) is 0 Å². The highest BCUT2D eigenvalue weighted by Gasteiger charge is 2.40. The molecule has 4 rings (SSSR count). The van der Waals surface area contributed by atoms with Gasteiger partial charge in [-0.1, -0.05) is 6.42 Å². The number of nitrogens with zero attached hydrogens (tertiary/aromatic N) is 2. The predicted octanol–water partition coefficient (Wildman–Crippen LogP) is 3.20. The Hall–Kier alpha value is -1.55. The molecule has 2 bridgehead atoms. The molecule has 3 fully saturated rings. The van der Waals surface area contributed by atoms with Crippen molar-refractivity contribution >= 4 is 17.3 Å². The van der Waals surface area contributed by atoms with Gasteiger partial charge < -0.3 is 15.1 Å². The summed E-state index contributed by atoms with van der Waals surface area (Å²) in [5, 5.41) is 3.10. The summed E-state index contributed by atoms with van der Waals surface area (Å²) in [6.07, 6.45) is 6.11. The van der Waals surface area contributed by atoms with E-state index in [-0.39, 0.29) is 5.91 Å². The first-order valence-corrected chi connectivity index (χ1v) is 9.51. The normalized spacial score (nSPS) is 29.9. The van der Waals surface area contributed by atoms with Crippen LogP contribution in [0, 0.1) is 17.8 Å². The van der Waals surface area contributed by atoms with Gasteiger partial charge in [-0.15, -0.1) is 0 Å². The van der Waals surface area contributed by atoms with Crippen LogP contribution < -0.4 is 10.2 Å². The summed E-state index contributed by atoms with van der Waals surface area (Å²) in [7, 11) is 2.17. The average molecular weight is 327 g/mol. The summed E-state index contributed by atoms with van der Waals surface area (Å²) in [4.78, 5) is 17.1. The molecular formula is C20H29N3O. The molecule has 1 amide bonds. The summed E-state index contributed by atoms with van der Waals surface area (Å²) in [6, 6.07) is 8.37. The Kier molecular flexibility index (Phi) is 4.49. The number of hydrogen-bond acceptors (Lipinski definition) is 3. The molecule has 1 saturated heterocycles. The SMILES string of the molecule is CN1CCN(c2ccc(NC(=O)C[C@@H]3C[C@H]4CC[C@H]3C4)cc2)CC1. The number of likely N-dealkylation sites (N-methyl/N-ethyl adjacent to an activating group) is 1. The smallest absolute Gasteiger partial charge is 0.224 e. The summed E-state index contributed by atoms with van der Waals surface area (Å²) in [6.45, 7) is 4.38. The Labute approximate surface area is 145 Å². The van der Waals surface area contributed by atoms with Gasteiger partial charge in [0.1, 0.15) is 0 Å². The molecule has 24 heavy (non-hydrogen) atoms. The number of anilines is 2. The molecule has 1 aliphatic heterocycles. The number of fused-ring (bicyclic) bond motifs is 2. The second-order valence-electron chi connectivity index (χ2n) is 8.02. The number of carbonyl (C=O) groups is 1. The number of piperazine rings is 1. The van der Waals surface area contributed by atoms with E-state index in [9.17, 15) is 4.79 Å². The number of carbonyl (C=O) groups excluding carboxylic acids is 1. The van der Waals surface area contributed by atoms with E-state index in [0.717, 1.165) is 43.7 Å². The lowest BCUT2D eigenvalue weighted by molar-refractivity contribution is -0.117. The van der Waals surface area contributed by atoms with Crippen molar-refractivity contribution in [3.05, 3.63) is 24.3 Å². The highest BCUT2D eigenvalue weighted by atomic mass is 16.1. The van der Waals surface area contributed by atoms with Gasteiger partial charge >= 0.3 is 0 Å². The predicted molar refractivity (Wildman–Crippen MR) is 98.3 cm³/mol. The molecule has 3 aliphatic rings. The third-order valence-electron chi connectivity index (χ3n) is 6.35. The molecule has 1 heterocycles. The lowest BCUT2D eigenvalue weighted by atomic mass is 9.86. The average Bonchev–Trinajstić information content (AvgIpc) is 3.19. The third-order valence-corrected chi connectivity index (χ3v) is 6.35. The van der Waals surface area contributed by atoms with Crippen LogP contribution in [0.3, 0.4) is 0 Å². The Morgan fingerprint density at radius 1 is 1.08 bits per heavy atom. The summed E-state index contributed by atoms with van der Waals surface area (Å²) < 4.78 is 0. The van der Waals surface area contributed by atoms with E-state index >= 15 is 0 Å². The summed E-state index contributed by atoms with van der Waals surface area (Å²) in [5.41, 5.74) is 2.19. The molecule has 0 spiro atoms. The molecule has 0 radical (unpaired) electrons. The molecule has 2 saturated carbocycles. The molecule has 1 aromatic carbocycles. The number of benzene rings is 1. The van der Waals surface area contributed by atoms with Gasteiger partial charge in [0.2, 0.25) is 5.91 Å². The van der Waals surface area contributed by atoms with Gasteiger partial charge in [-0.3, -0.25) is 4.79 Å². The van der Waals surface area contributed by atoms with Crippen LogP contribution >= 0.6 is 0 Å². The molecule has 0 aromatic heterocycles. The maximum atomic E-state index is 12.3. The van der Waals surface area contributed by atoms with E-state index < -0.39 is 0 Å². The van der Waals surface area contributed by atoms with Crippen LogP contribution in [0.1, 0.15) is 32.1 Å². The Balaban J connectivity index is 1.29. The fourth-order valence-corrected chi connectivity index (χ4v) is 4.90. The zero-order valence-electron chi connectivity index (χ0n) is 14.7. The monoisotopic (exact) mass is 327 g/mol. The number of amides is 1. The Bertz CT molecular complexity index is 577. The first-order chi connectivity index (χ1) is 11.7. The van der Waals surface area contributed by atoms with E-state index in [1.54, 1.807) is 0 Å². The maximum absolute atomic E-state index is 12.3. The maximum Gasteiger partial charge on any atom is 0.224 e. The summed E-state index contributed by atoms with van der Waals surface area (Å²) in [5.74, 6) is 2.56. The van der Waals surface area contributed by atoms with Crippen LogP contribution in [0.2, 0.25) is 0 Å². The van der Waals surface area contributed by atoms with Crippen molar-refractivity contribution in [2.75, 3.05) is 43.4 Å².